The summed E-state index contributed by atoms with van der Waals surface area (Å²) < 4.78 is 37.9. The molecule has 0 aliphatic carbocycles. The number of sulfonamides is 1. The van der Waals surface area contributed by atoms with Gasteiger partial charge < -0.3 is 14.6 Å². The molecule has 0 bridgehead atoms. The molecule has 2 atom stereocenters. The number of hydrogen-bond acceptors (Lipinski definition) is 5. The van der Waals surface area contributed by atoms with Crippen LogP contribution in [0.15, 0.2) is 29.2 Å². The molecule has 0 amide bonds. The number of aryl methyl sites for hydroxylation is 1. The van der Waals surface area contributed by atoms with Gasteiger partial charge in [0.2, 0.25) is 10.0 Å². The number of nitrogens with zero attached hydrogens (tertiary/aromatic N) is 1. The number of ether oxygens (including phenoxy) is 2. The highest BCUT2D eigenvalue weighted by molar-refractivity contribution is 7.89. The van der Waals surface area contributed by atoms with Crippen molar-refractivity contribution in [3.05, 3.63) is 29.8 Å². The van der Waals surface area contributed by atoms with Crippen LogP contribution in [0.1, 0.15) is 25.8 Å². The summed E-state index contributed by atoms with van der Waals surface area (Å²) in [6.45, 7) is 5.50. The number of hydrogen-bond donors (Lipinski definition) is 1. The minimum Gasteiger partial charge on any atom is -0.370 e. The Morgan fingerprint density at radius 2 is 1.91 bits per heavy atom. The van der Waals surface area contributed by atoms with Gasteiger partial charge in [0.15, 0.2) is 11.5 Å². The van der Waals surface area contributed by atoms with E-state index in [2.05, 4.69) is 0 Å². The average Bonchev–Trinajstić information content (AvgIpc) is 2.76. The highest BCUT2D eigenvalue weighted by atomic mass is 32.2. The first-order valence-electron chi connectivity index (χ1n) is 7.29. The lowest BCUT2D eigenvalue weighted by Crippen LogP contribution is -2.62. The van der Waals surface area contributed by atoms with E-state index in [0.717, 1.165) is 9.87 Å². The zero-order valence-electron chi connectivity index (χ0n) is 12.9. The first-order valence-corrected chi connectivity index (χ1v) is 8.73. The lowest BCUT2D eigenvalue weighted by molar-refractivity contribution is -0.340. The molecule has 0 spiro atoms. The van der Waals surface area contributed by atoms with Crippen molar-refractivity contribution in [2.45, 2.75) is 49.7 Å². The summed E-state index contributed by atoms with van der Waals surface area (Å²) in [4.78, 5) is 0.164. The van der Waals surface area contributed by atoms with Crippen LogP contribution in [-0.4, -0.2) is 48.6 Å². The fraction of sp³-hybridized carbons (Fsp3) is 0.600. The normalized spacial score (nSPS) is 31.9. The Morgan fingerprint density at radius 1 is 1.27 bits per heavy atom. The molecule has 7 heteroatoms. The van der Waals surface area contributed by atoms with E-state index < -0.39 is 27.6 Å². The Balaban J connectivity index is 1.94. The van der Waals surface area contributed by atoms with E-state index in [9.17, 15) is 13.5 Å². The predicted octanol–water partition coefficient (Wildman–Crippen LogP) is 1.23. The second kappa shape index (κ2) is 5.01. The summed E-state index contributed by atoms with van der Waals surface area (Å²) in [6, 6.07) is 6.58. The first-order chi connectivity index (χ1) is 10.2. The van der Waals surface area contributed by atoms with Gasteiger partial charge in [0.1, 0.15) is 6.10 Å². The lowest BCUT2D eigenvalue weighted by Gasteiger charge is -2.45. The Morgan fingerprint density at radius 3 is 2.55 bits per heavy atom. The molecule has 0 aromatic heterocycles. The molecule has 122 valence electrons. The largest absolute Gasteiger partial charge is 0.370 e. The Hall–Kier alpha value is -0.990. The van der Waals surface area contributed by atoms with Gasteiger partial charge in [-0.2, -0.15) is 4.31 Å². The molecule has 2 aliphatic rings. The summed E-state index contributed by atoms with van der Waals surface area (Å²) in [6.07, 6.45) is -0.148. The number of benzene rings is 1. The maximum atomic E-state index is 12.8. The molecule has 3 rings (SSSR count). The van der Waals surface area contributed by atoms with Crippen LogP contribution in [0.5, 0.6) is 0 Å². The van der Waals surface area contributed by atoms with E-state index >= 15 is 0 Å². The maximum absolute atomic E-state index is 12.8. The van der Waals surface area contributed by atoms with Crippen LogP contribution >= 0.6 is 0 Å². The minimum atomic E-state index is -3.80. The molecule has 2 unspecified atom stereocenters. The van der Waals surface area contributed by atoms with Crippen molar-refractivity contribution in [3.8, 4) is 0 Å². The molecule has 1 aromatic rings. The smallest absolute Gasteiger partial charge is 0.245 e. The summed E-state index contributed by atoms with van der Waals surface area (Å²) in [5.74, 6) is -0.819. The summed E-state index contributed by atoms with van der Waals surface area (Å²) in [5, 5.41) is 10.9. The molecule has 0 radical (unpaired) electrons. The minimum absolute atomic E-state index is 0.101. The zero-order chi connectivity index (χ0) is 16.2. The highest BCUT2D eigenvalue weighted by Gasteiger charge is 2.58. The van der Waals surface area contributed by atoms with Crippen LogP contribution in [0.3, 0.4) is 0 Å². The summed E-state index contributed by atoms with van der Waals surface area (Å²) >= 11 is 0. The molecular weight excluding hydrogens is 306 g/mol. The molecular formula is C15H21NO5S. The number of aliphatic hydroxyl groups is 1. The van der Waals surface area contributed by atoms with Crippen molar-refractivity contribution in [2.24, 2.45) is 0 Å². The topological polar surface area (TPSA) is 76.1 Å². The molecule has 6 nitrogen and oxygen atoms in total. The molecule has 1 N–H and O–H groups in total. The van der Waals surface area contributed by atoms with Crippen molar-refractivity contribution in [1.29, 1.82) is 0 Å². The zero-order valence-corrected chi connectivity index (χ0v) is 13.8. The molecule has 2 aliphatic heterocycles. The van der Waals surface area contributed by atoms with Crippen molar-refractivity contribution >= 4 is 10.0 Å². The van der Waals surface area contributed by atoms with Crippen molar-refractivity contribution in [2.75, 3.05) is 13.2 Å². The monoisotopic (exact) mass is 327 g/mol. The predicted molar refractivity (Wildman–Crippen MR) is 79.5 cm³/mol. The maximum Gasteiger partial charge on any atom is 0.245 e. The average molecular weight is 327 g/mol. The lowest BCUT2D eigenvalue weighted by atomic mass is 10.1. The van der Waals surface area contributed by atoms with Crippen molar-refractivity contribution in [3.63, 3.8) is 0 Å². The van der Waals surface area contributed by atoms with Crippen LogP contribution in [-0.2, 0) is 19.5 Å². The Kier molecular flexibility index (Phi) is 3.61. The quantitative estimate of drug-likeness (QED) is 0.884. The number of fused-ring (bicyclic) bond motifs is 1. The SMILES string of the molecule is Cc1ccc(S(=O)(=O)N2CCC3OC(C)(C)OCC32O)cc1. The third-order valence-corrected chi connectivity index (χ3v) is 6.16. The van der Waals surface area contributed by atoms with E-state index in [1.54, 1.807) is 38.1 Å². The molecule has 22 heavy (non-hydrogen) atoms. The van der Waals surface area contributed by atoms with Gasteiger partial charge in [-0.1, -0.05) is 17.7 Å². The van der Waals surface area contributed by atoms with Gasteiger partial charge in [0.25, 0.3) is 0 Å². The summed E-state index contributed by atoms with van der Waals surface area (Å²) in [7, 11) is -3.80. The van der Waals surface area contributed by atoms with Crippen LogP contribution in [0.2, 0.25) is 0 Å². The van der Waals surface area contributed by atoms with Crippen LogP contribution in [0, 0.1) is 6.92 Å². The van der Waals surface area contributed by atoms with Crippen LogP contribution in [0.25, 0.3) is 0 Å². The second-order valence-electron chi connectivity index (χ2n) is 6.35. The van der Waals surface area contributed by atoms with E-state index in [1.165, 1.54) is 0 Å². The fourth-order valence-electron chi connectivity index (χ4n) is 2.96. The van der Waals surface area contributed by atoms with Crippen LogP contribution in [0.4, 0.5) is 0 Å². The van der Waals surface area contributed by atoms with E-state index in [1.807, 2.05) is 6.92 Å². The van der Waals surface area contributed by atoms with Gasteiger partial charge in [-0.15, -0.1) is 0 Å². The Labute approximate surface area is 130 Å². The highest BCUT2D eigenvalue weighted by Crippen LogP contribution is 2.40. The number of rotatable bonds is 2. The molecule has 2 saturated heterocycles. The third-order valence-electron chi connectivity index (χ3n) is 4.21. The molecule has 2 heterocycles. The van der Waals surface area contributed by atoms with Gasteiger partial charge in [-0.3, -0.25) is 0 Å². The molecule has 2 fully saturated rings. The third kappa shape index (κ3) is 2.47. The van der Waals surface area contributed by atoms with E-state index in [0.29, 0.717) is 6.42 Å². The van der Waals surface area contributed by atoms with Gasteiger partial charge >= 0.3 is 0 Å². The van der Waals surface area contributed by atoms with Crippen molar-refractivity contribution < 1.29 is 23.0 Å². The van der Waals surface area contributed by atoms with Crippen LogP contribution < -0.4 is 0 Å². The van der Waals surface area contributed by atoms with E-state index in [-0.39, 0.29) is 18.0 Å². The van der Waals surface area contributed by atoms with Gasteiger partial charge in [-0.05, 0) is 39.3 Å². The molecule has 0 saturated carbocycles. The van der Waals surface area contributed by atoms with Gasteiger partial charge in [0.05, 0.1) is 11.5 Å². The van der Waals surface area contributed by atoms with Gasteiger partial charge in [-0.25, -0.2) is 8.42 Å². The fourth-order valence-corrected chi connectivity index (χ4v) is 4.63. The van der Waals surface area contributed by atoms with Crippen molar-refractivity contribution in [1.82, 2.24) is 4.31 Å². The van der Waals surface area contributed by atoms with Gasteiger partial charge in [0, 0.05) is 6.54 Å². The Bertz CT molecular complexity index is 670. The molecule has 1 aromatic carbocycles. The second-order valence-corrected chi connectivity index (χ2v) is 8.21. The van der Waals surface area contributed by atoms with E-state index in [4.69, 9.17) is 9.47 Å². The summed E-state index contributed by atoms with van der Waals surface area (Å²) in [5.41, 5.74) is -0.678. The first kappa shape index (κ1) is 15.9. The standard InChI is InChI=1S/C15H21NO5S/c1-11-4-6-12(7-5-11)22(18,19)16-9-8-13-15(16,17)10-20-14(2,3)21-13/h4-7,13,17H,8-10H2,1-3H3.